The highest BCUT2D eigenvalue weighted by Crippen LogP contribution is 2.35. The molecule has 26 heavy (non-hydrogen) atoms. The minimum absolute atomic E-state index is 0.133. The van der Waals surface area contributed by atoms with E-state index in [1.807, 2.05) is 18.2 Å². The molecule has 1 aromatic carbocycles. The van der Waals surface area contributed by atoms with Crippen molar-refractivity contribution in [3.8, 4) is 0 Å². The Kier molecular flexibility index (Phi) is 8.55. The van der Waals surface area contributed by atoms with Gasteiger partial charge in [0.15, 0.2) is 6.29 Å². The molecule has 0 bridgehead atoms. The lowest BCUT2D eigenvalue weighted by molar-refractivity contribution is -0.283. The maximum absolute atomic E-state index is 11.2. The maximum atomic E-state index is 11.2. The van der Waals surface area contributed by atoms with E-state index in [9.17, 15) is 4.79 Å². The zero-order valence-electron chi connectivity index (χ0n) is 16.4. The average molecular weight is 364 g/mol. The van der Waals surface area contributed by atoms with Crippen molar-refractivity contribution in [3.63, 3.8) is 0 Å². The highest BCUT2D eigenvalue weighted by Gasteiger charge is 2.42. The third-order valence-electron chi connectivity index (χ3n) is 5.23. The molecule has 0 N–H and O–H groups in total. The number of carbonyl (C=O) groups excluding carboxylic acids is 1. The van der Waals surface area contributed by atoms with E-state index in [-0.39, 0.29) is 18.2 Å². The van der Waals surface area contributed by atoms with Gasteiger partial charge in [-0.15, -0.1) is 0 Å². The van der Waals surface area contributed by atoms with Gasteiger partial charge in [0.1, 0.15) is 6.10 Å². The summed E-state index contributed by atoms with van der Waals surface area (Å²) in [6, 6.07) is 10.1. The molecular formula is C21H32O5. The van der Waals surface area contributed by atoms with Crippen LogP contribution in [0.1, 0.15) is 45.6 Å². The summed E-state index contributed by atoms with van der Waals surface area (Å²) in [6.07, 6.45) is 1.52. The molecule has 5 nitrogen and oxygen atoms in total. The van der Waals surface area contributed by atoms with E-state index in [1.165, 1.54) is 7.11 Å². The van der Waals surface area contributed by atoms with Gasteiger partial charge < -0.3 is 18.9 Å². The molecule has 2 unspecified atom stereocenters. The number of benzene rings is 1. The van der Waals surface area contributed by atoms with E-state index in [1.54, 1.807) is 0 Å². The van der Waals surface area contributed by atoms with Gasteiger partial charge >= 0.3 is 5.97 Å². The van der Waals surface area contributed by atoms with Crippen LogP contribution in [0, 0.1) is 11.8 Å². The van der Waals surface area contributed by atoms with Gasteiger partial charge in [-0.25, -0.2) is 0 Å². The van der Waals surface area contributed by atoms with Crippen LogP contribution in [0.4, 0.5) is 0 Å². The van der Waals surface area contributed by atoms with Crippen LogP contribution >= 0.6 is 0 Å². The maximum Gasteiger partial charge on any atom is 0.305 e. The average Bonchev–Trinajstić information content (AvgIpc) is 2.67. The molecule has 5 heteroatoms. The standard InChI is InChI=1S/C21H32O5/c1-5-18-15(2)16(3)20(25-14-17-10-7-6-8-11-17)21(26-18)24-13-9-12-19(22)23-4/h6-8,10-11,15-16,18,20-21H,5,9,12-14H2,1-4H3/t15-,16-,18?,20?,21+/m0/s1. The second-order valence-electron chi connectivity index (χ2n) is 6.98. The minimum Gasteiger partial charge on any atom is -0.469 e. The summed E-state index contributed by atoms with van der Waals surface area (Å²) in [5.41, 5.74) is 1.13. The number of carbonyl (C=O) groups is 1. The van der Waals surface area contributed by atoms with E-state index in [2.05, 4.69) is 37.6 Å². The monoisotopic (exact) mass is 364 g/mol. The normalized spacial score (nSPS) is 28.7. The van der Waals surface area contributed by atoms with Crippen molar-refractivity contribution >= 4 is 5.97 Å². The molecule has 5 atom stereocenters. The molecule has 146 valence electrons. The largest absolute Gasteiger partial charge is 0.469 e. The fourth-order valence-electron chi connectivity index (χ4n) is 3.38. The van der Waals surface area contributed by atoms with Crippen molar-refractivity contribution in [2.45, 2.75) is 65.1 Å². The van der Waals surface area contributed by atoms with Crippen LogP contribution in [0.5, 0.6) is 0 Å². The third-order valence-corrected chi connectivity index (χ3v) is 5.23. The van der Waals surface area contributed by atoms with Crippen molar-refractivity contribution in [1.82, 2.24) is 0 Å². The van der Waals surface area contributed by atoms with Gasteiger partial charge in [-0.1, -0.05) is 51.1 Å². The van der Waals surface area contributed by atoms with E-state index >= 15 is 0 Å². The highest BCUT2D eigenvalue weighted by molar-refractivity contribution is 5.68. The summed E-state index contributed by atoms with van der Waals surface area (Å²) in [4.78, 5) is 11.2. The first kappa shape index (κ1) is 20.9. The second-order valence-corrected chi connectivity index (χ2v) is 6.98. The summed E-state index contributed by atoms with van der Waals surface area (Å²) in [5, 5.41) is 0. The molecule has 0 spiro atoms. The number of hydrogen-bond acceptors (Lipinski definition) is 5. The first-order valence-corrected chi connectivity index (χ1v) is 9.56. The SMILES string of the molecule is CCC1O[C@@H](OCCCC(=O)OC)C(OCc2ccccc2)[C@@H](C)[C@@H]1C. The predicted molar refractivity (Wildman–Crippen MR) is 99.5 cm³/mol. The Labute approximate surface area is 157 Å². The molecule has 0 radical (unpaired) electrons. The van der Waals surface area contributed by atoms with Crippen LogP contribution in [0.15, 0.2) is 30.3 Å². The van der Waals surface area contributed by atoms with Crippen LogP contribution in [0.2, 0.25) is 0 Å². The fraction of sp³-hybridized carbons (Fsp3) is 0.667. The van der Waals surface area contributed by atoms with E-state index in [4.69, 9.17) is 14.2 Å². The lowest BCUT2D eigenvalue weighted by atomic mass is 9.82. The molecule has 1 aromatic rings. The Morgan fingerprint density at radius 1 is 1.12 bits per heavy atom. The smallest absolute Gasteiger partial charge is 0.305 e. The molecular weight excluding hydrogens is 332 g/mol. The first-order valence-electron chi connectivity index (χ1n) is 9.56. The summed E-state index contributed by atoms with van der Waals surface area (Å²) in [7, 11) is 1.40. The van der Waals surface area contributed by atoms with Gasteiger partial charge in [0.25, 0.3) is 0 Å². The number of ether oxygens (including phenoxy) is 4. The van der Waals surface area contributed by atoms with Crippen LogP contribution < -0.4 is 0 Å². The van der Waals surface area contributed by atoms with Gasteiger partial charge in [0.05, 0.1) is 26.4 Å². The Hall–Kier alpha value is -1.43. The van der Waals surface area contributed by atoms with Crippen LogP contribution in [-0.4, -0.2) is 38.2 Å². The topological polar surface area (TPSA) is 54.0 Å². The van der Waals surface area contributed by atoms with Crippen LogP contribution in [-0.2, 0) is 30.3 Å². The Balaban J connectivity index is 1.95. The third kappa shape index (κ3) is 5.79. The van der Waals surface area contributed by atoms with E-state index in [0.717, 1.165) is 12.0 Å². The van der Waals surface area contributed by atoms with Gasteiger partial charge in [-0.2, -0.15) is 0 Å². The lowest BCUT2D eigenvalue weighted by Crippen LogP contribution is -2.51. The summed E-state index contributed by atoms with van der Waals surface area (Å²) in [5.74, 6) is 0.502. The predicted octanol–water partition coefficient (Wildman–Crippen LogP) is 3.95. The second kappa shape index (κ2) is 10.7. The fourth-order valence-corrected chi connectivity index (χ4v) is 3.38. The Bertz CT molecular complexity index is 532. The zero-order chi connectivity index (χ0) is 18.9. The zero-order valence-corrected chi connectivity index (χ0v) is 16.4. The summed E-state index contributed by atoms with van der Waals surface area (Å²) >= 11 is 0. The first-order chi connectivity index (χ1) is 12.6. The van der Waals surface area contributed by atoms with Gasteiger partial charge in [0.2, 0.25) is 0 Å². The molecule has 0 aliphatic carbocycles. The number of esters is 1. The van der Waals surface area contributed by atoms with Gasteiger partial charge in [0, 0.05) is 6.42 Å². The molecule has 0 saturated carbocycles. The van der Waals surface area contributed by atoms with E-state index < -0.39 is 6.29 Å². The highest BCUT2D eigenvalue weighted by atomic mass is 16.7. The molecule has 1 saturated heterocycles. The van der Waals surface area contributed by atoms with Gasteiger partial charge in [-0.3, -0.25) is 4.79 Å². The molecule has 1 fully saturated rings. The molecule has 0 aromatic heterocycles. The number of methoxy groups -OCH3 is 1. The molecule has 0 amide bonds. The quantitative estimate of drug-likeness (QED) is 0.490. The van der Waals surface area contributed by atoms with Gasteiger partial charge in [-0.05, 0) is 30.2 Å². The number of rotatable bonds is 9. The van der Waals surface area contributed by atoms with Crippen LogP contribution in [0.3, 0.4) is 0 Å². The van der Waals surface area contributed by atoms with Crippen molar-refractivity contribution in [3.05, 3.63) is 35.9 Å². The van der Waals surface area contributed by atoms with E-state index in [0.29, 0.717) is 37.9 Å². The molecule has 1 aliphatic heterocycles. The molecule has 2 rings (SSSR count). The van der Waals surface area contributed by atoms with Crippen LogP contribution in [0.25, 0.3) is 0 Å². The number of hydrogen-bond donors (Lipinski definition) is 0. The summed E-state index contributed by atoms with van der Waals surface area (Å²) < 4.78 is 23.0. The Morgan fingerprint density at radius 2 is 1.85 bits per heavy atom. The minimum atomic E-state index is -0.410. The molecule has 1 heterocycles. The Morgan fingerprint density at radius 3 is 2.50 bits per heavy atom. The summed E-state index contributed by atoms with van der Waals surface area (Å²) in [6.45, 7) is 7.53. The van der Waals surface area contributed by atoms with Crippen molar-refractivity contribution in [2.75, 3.05) is 13.7 Å². The van der Waals surface area contributed by atoms with Crippen molar-refractivity contribution < 1.29 is 23.7 Å². The lowest BCUT2D eigenvalue weighted by Gasteiger charge is -2.44. The molecule has 1 aliphatic rings. The van der Waals surface area contributed by atoms with Crippen molar-refractivity contribution in [2.24, 2.45) is 11.8 Å². The van der Waals surface area contributed by atoms with Crippen molar-refractivity contribution in [1.29, 1.82) is 0 Å².